The van der Waals surface area contributed by atoms with Crippen LogP contribution in [0.4, 0.5) is 0 Å². The quantitative estimate of drug-likeness (QED) is 0.286. The number of aromatic hydroxyl groups is 1. The van der Waals surface area contributed by atoms with Gasteiger partial charge in [0.2, 0.25) is 0 Å². The van der Waals surface area contributed by atoms with Gasteiger partial charge in [0, 0.05) is 16.9 Å². The lowest BCUT2D eigenvalue weighted by atomic mass is 10.1. The van der Waals surface area contributed by atoms with Gasteiger partial charge in [0.1, 0.15) is 11.6 Å². The number of carbonyl (C=O) groups excluding carboxylic acids is 1. The van der Waals surface area contributed by atoms with E-state index in [4.69, 9.17) is 10.9 Å². The number of halogens is 1. The maximum Gasteiger partial charge on any atom is 0.255 e. The third-order valence-electron chi connectivity index (χ3n) is 2.62. The van der Waals surface area contributed by atoms with Crippen LogP contribution in [0.1, 0.15) is 30.1 Å². The summed E-state index contributed by atoms with van der Waals surface area (Å²) in [6.07, 6.45) is 0.865. The molecule has 7 heteroatoms. The number of phenolic OH excluding ortho intramolecular Hbond substituents is 1. The second-order valence-corrected chi connectivity index (χ2v) is 4.95. The molecule has 0 fully saturated rings. The Morgan fingerprint density at radius 3 is 2.84 bits per heavy atom. The second-order valence-electron chi connectivity index (χ2n) is 4.04. The van der Waals surface area contributed by atoms with Crippen LogP contribution in [0.25, 0.3) is 0 Å². The van der Waals surface area contributed by atoms with E-state index in [1.54, 1.807) is 6.07 Å². The first-order valence-corrected chi connectivity index (χ1v) is 6.53. The molecule has 0 saturated heterocycles. The summed E-state index contributed by atoms with van der Waals surface area (Å²) in [6.45, 7) is 1.87. The SMILES string of the molecule is CCC(C/C(N)=N/O)NC(=O)c1cc(Br)ccc1O. The maximum atomic E-state index is 12.0. The number of hydrogen-bond acceptors (Lipinski definition) is 4. The van der Waals surface area contributed by atoms with Crippen molar-refractivity contribution in [3.05, 3.63) is 28.2 Å². The summed E-state index contributed by atoms with van der Waals surface area (Å²) < 4.78 is 0.694. The van der Waals surface area contributed by atoms with Gasteiger partial charge in [-0.2, -0.15) is 0 Å². The molecule has 0 aliphatic rings. The lowest BCUT2D eigenvalue weighted by Crippen LogP contribution is -2.37. The van der Waals surface area contributed by atoms with Gasteiger partial charge in [-0.1, -0.05) is 28.0 Å². The zero-order valence-corrected chi connectivity index (χ0v) is 12.0. The number of nitrogens with two attached hydrogens (primary N) is 1. The molecule has 1 atom stereocenters. The molecule has 1 rings (SSSR count). The van der Waals surface area contributed by atoms with Gasteiger partial charge >= 0.3 is 0 Å². The van der Waals surface area contributed by atoms with Crippen LogP contribution < -0.4 is 11.1 Å². The number of rotatable bonds is 5. The molecule has 0 saturated carbocycles. The van der Waals surface area contributed by atoms with Crippen molar-refractivity contribution in [1.82, 2.24) is 5.32 Å². The minimum absolute atomic E-state index is 0.0469. The monoisotopic (exact) mass is 329 g/mol. The van der Waals surface area contributed by atoms with E-state index >= 15 is 0 Å². The third-order valence-corrected chi connectivity index (χ3v) is 3.11. The average Bonchev–Trinajstić information content (AvgIpc) is 2.40. The molecule has 0 spiro atoms. The number of carbonyl (C=O) groups is 1. The van der Waals surface area contributed by atoms with Crippen LogP contribution >= 0.6 is 15.9 Å². The molecule has 1 aromatic rings. The van der Waals surface area contributed by atoms with E-state index in [0.717, 1.165) is 0 Å². The number of nitrogens with zero attached hydrogens (tertiary/aromatic N) is 1. The molecule has 0 aromatic heterocycles. The van der Waals surface area contributed by atoms with E-state index in [0.29, 0.717) is 10.9 Å². The van der Waals surface area contributed by atoms with Crippen molar-refractivity contribution in [2.45, 2.75) is 25.8 Å². The Balaban J connectivity index is 2.80. The van der Waals surface area contributed by atoms with E-state index in [-0.39, 0.29) is 29.6 Å². The molecular formula is C12H16BrN3O3. The highest BCUT2D eigenvalue weighted by Gasteiger charge is 2.16. The van der Waals surface area contributed by atoms with Crippen LogP contribution in [0.3, 0.4) is 0 Å². The highest BCUT2D eigenvalue weighted by atomic mass is 79.9. The zero-order valence-electron chi connectivity index (χ0n) is 10.4. The minimum atomic E-state index is -0.406. The highest BCUT2D eigenvalue weighted by Crippen LogP contribution is 2.21. The van der Waals surface area contributed by atoms with Gasteiger partial charge in [-0.15, -0.1) is 0 Å². The number of nitrogens with one attached hydrogen (secondary N) is 1. The summed E-state index contributed by atoms with van der Waals surface area (Å²) in [5.74, 6) is -0.457. The van der Waals surface area contributed by atoms with Crippen molar-refractivity contribution < 1.29 is 15.1 Å². The van der Waals surface area contributed by atoms with Gasteiger partial charge in [-0.25, -0.2) is 0 Å². The third kappa shape index (κ3) is 4.44. The fourth-order valence-corrected chi connectivity index (χ4v) is 1.91. The van der Waals surface area contributed by atoms with Crippen LogP contribution in [-0.4, -0.2) is 28.1 Å². The summed E-state index contributed by atoms with van der Waals surface area (Å²) in [4.78, 5) is 12.0. The average molecular weight is 330 g/mol. The van der Waals surface area contributed by atoms with Gasteiger partial charge < -0.3 is 21.4 Å². The van der Waals surface area contributed by atoms with Crippen LogP contribution in [0.2, 0.25) is 0 Å². The topological polar surface area (TPSA) is 108 Å². The van der Waals surface area contributed by atoms with Gasteiger partial charge in [-0.3, -0.25) is 4.79 Å². The minimum Gasteiger partial charge on any atom is -0.507 e. The maximum absolute atomic E-state index is 12.0. The molecule has 0 heterocycles. The fraction of sp³-hybridized carbons (Fsp3) is 0.333. The lowest BCUT2D eigenvalue weighted by molar-refractivity contribution is 0.0934. The van der Waals surface area contributed by atoms with E-state index in [2.05, 4.69) is 26.4 Å². The summed E-state index contributed by atoms with van der Waals surface area (Å²) in [7, 11) is 0. The zero-order chi connectivity index (χ0) is 14.4. The van der Waals surface area contributed by atoms with E-state index in [1.807, 2.05) is 6.92 Å². The summed E-state index contributed by atoms with van der Waals surface area (Å²) >= 11 is 3.24. The first kappa shape index (κ1) is 15.3. The Labute approximate surface area is 119 Å². The number of benzene rings is 1. The van der Waals surface area contributed by atoms with Crippen LogP contribution in [0.15, 0.2) is 27.8 Å². The lowest BCUT2D eigenvalue weighted by Gasteiger charge is -2.16. The van der Waals surface area contributed by atoms with Gasteiger partial charge in [0.05, 0.1) is 5.56 Å². The summed E-state index contributed by atoms with van der Waals surface area (Å²) in [5.41, 5.74) is 5.58. The molecule has 0 bridgehead atoms. The number of amides is 1. The molecule has 0 radical (unpaired) electrons. The standard InChI is InChI=1S/C12H16BrN3O3/c1-2-8(6-11(14)16-19)15-12(18)9-5-7(13)3-4-10(9)17/h3-5,8,17,19H,2,6H2,1H3,(H2,14,16)(H,15,18). The smallest absolute Gasteiger partial charge is 0.255 e. The molecule has 6 nitrogen and oxygen atoms in total. The van der Waals surface area contributed by atoms with Crippen molar-refractivity contribution in [3.63, 3.8) is 0 Å². The molecule has 1 aromatic carbocycles. The van der Waals surface area contributed by atoms with Gasteiger partial charge in [0.25, 0.3) is 5.91 Å². The second kappa shape index (κ2) is 6.98. The Bertz CT molecular complexity index is 491. The first-order chi connectivity index (χ1) is 8.97. The predicted octanol–water partition coefficient (Wildman–Crippen LogP) is 1.80. The molecule has 0 aliphatic heterocycles. The van der Waals surface area contributed by atoms with Crippen LogP contribution in [0, 0.1) is 0 Å². The van der Waals surface area contributed by atoms with Crippen molar-refractivity contribution in [1.29, 1.82) is 0 Å². The van der Waals surface area contributed by atoms with Gasteiger partial charge in [0.15, 0.2) is 0 Å². The Morgan fingerprint density at radius 2 is 2.26 bits per heavy atom. The van der Waals surface area contributed by atoms with E-state index < -0.39 is 5.91 Å². The van der Waals surface area contributed by atoms with E-state index in [9.17, 15) is 9.90 Å². The molecule has 104 valence electrons. The van der Waals surface area contributed by atoms with Crippen LogP contribution in [0.5, 0.6) is 5.75 Å². The summed E-state index contributed by atoms with van der Waals surface area (Å²) in [6, 6.07) is 4.34. The first-order valence-electron chi connectivity index (χ1n) is 5.73. The number of oxime groups is 1. The highest BCUT2D eigenvalue weighted by molar-refractivity contribution is 9.10. The van der Waals surface area contributed by atoms with Crippen LogP contribution in [-0.2, 0) is 0 Å². The Hall–Kier alpha value is -1.76. The molecule has 19 heavy (non-hydrogen) atoms. The molecule has 1 amide bonds. The number of phenols is 1. The largest absolute Gasteiger partial charge is 0.507 e. The Kier molecular flexibility index (Phi) is 5.62. The molecular weight excluding hydrogens is 314 g/mol. The van der Waals surface area contributed by atoms with Crippen molar-refractivity contribution in [3.8, 4) is 5.75 Å². The van der Waals surface area contributed by atoms with E-state index in [1.165, 1.54) is 12.1 Å². The molecule has 0 aliphatic carbocycles. The van der Waals surface area contributed by atoms with Crippen molar-refractivity contribution >= 4 is 27.7 Å². The number of amidine groups is 1. The Morgan fingerprint density at radius 1 is 1.58 bits per heavy atom. The number of hydrogen-bond donors (Lipinski definition) is 4. The van der Waals surface area contributed by atoms with Crippen molar-refractivity contribution in [2.75, 3.05) is 0 Å². The molecule has 1 unspecified atom stereocenters. The summed E-state index contributed by atoms with van der Waals surface area (Å²) in [5, 5.41) is 23.8. The predicted molar refractivity (Wildman–Crippen MR) is 75.4 cm³/mol. The fourth-order valence-electron chi connectivity index (χ4n) is 1.54. The molecule has 5 N–H and O–H groups in total. The van der Waals surface area contributed by atoms with Crippen molar-refractivity contribution in [2.24, 2.45) is 10.9 Å². The normalized spacial score (nSPS) is 13.1. The van der Waals surface area contributed by atoms with Gasteiger partial charge in [-0.05, 0) is 24.6 Å².